The molecule has 0 aromatic carbocycles. The van der Waals surface area contributed by atoms with Crippen LogP contribution >= 0.6 is 0 Å². The second-order valence-corrected chi connectivity index (χ2v) is 4.76. The van der Waals surface area contributed by atoms with Gasteiger partial charge in [-0.15, -0.1) is 5.10 Å². The molecule has 0 N–H and O–H groups in total. The SMILES string of the molecule is COCCC(C)n1nnc(C=O)c1CC1CC1. The molecule has 5 nitrogen and oxygen atoms in total. The van der Waals surface area contributed by atoms with Crippen LogP contribution in [0.3, 0.4) is 0 Å². The molecule has 1 aliphatic rings. The summed E-state index contributed by atoms with van der Waals surface area (Å²) < 4.78 is 6.96. The molecule has 1 unspecified atom stereocenters. The Labute approximate surface area is 101 Å². The fourth-order valence-electron chi connectivity index (χ4n) is 1.98. The Hall–Kier alpha value is -1.23. The molecule has 1 aromatic heterocycles. The van der Waals surface area contributed by atoms with Crippen molar-refractivity contribution in [3.8, 4) is 0 Å². The first-order chi connectivity index (χ1) is 8.26. The van der Waals surface area contributed by atoms with Crippen molar-refractivity contribution in [1.29, 1.82) is 0 Å². The van der Waals surface area contributed by atoms with Crippen LogP contribution in [0.25, 0.3) is 0 Å². The van der Waals surface area contributed by atoms with E-state index in [0.29, 0.717) is 12.3 Å². The number of rotatable bonds is 7. The molecule has 1 aliphatic carbocycles. The van der Waals surface area contributed by atoms with Gasteiger partial charge in [0.1, 0.15) is 5.69 Å². The van der Waals surface area contributed by atoms with E-state index < -0.39 is 0 Å². The zero-order valence-corrected chi connectivity index (χ0v) is 10.4. The van der Waals surface area contributed by atoms with Crippen molar-refractivity contribution >= 4 is 6.29 Å². The highest BCUT2D eigenvalue weighted by Crippen LogP contribution is 2.33. The predicted octanol–water partition coefficient (Wildman–Crippen LogP) is 1.64. The van der Waals surface area contributed by atoms with E-state index in [1.165, 1.54) is 12.8 Å². The Balaban J connectivity index is 2.13. The fourth-order valence-corrected chi connectivity index (χ4v) is 1.98. The van der Waals surface area contributed by atoms with Crippen LogP contribution in [0.2, 0.25) is 0 Å². The largest absolute Gasteiger partial charge is 0.385 e. The molecule has 5 heteroatoms. The van der Waals surface area contributed by atoms with Crippen molar-refractivity contribution in [1.82, 2.24) is 15.0 Å². The van der Waals surface area contributed by atoms with Crippen molar-refractivity contribution in [3.63, 3.8) is 0 Å². The van der Waals surface area contributed by atoms with Gasteiger partial charge >= 0.3 is 0 Å². The highest BCUT2D eigenvalue weighted by Gasteiger charge is 2.26. The zero-order chi connectivity index (χ0) is 12.3. The van der Waals surface area contributed by atoms with Gasteiger partial charge in [0.25, 0.3) is 0 Å². The molecule has 2 rings (SSSR count). The van der Waals surface area contributed by atoms with Gasteiger partial charge in [-0.1, -0.05) is 5.21 Å². The topological polar surface area (TPSA) is 57.0 Å². The highest BCUT2D eigenvalue weighted by molar-refractivity contribution is 5.73. The minimum atomic E-state index is 0.227. The number of aldehydes is 1. The minimum absolute atomic E-state index is 0.227. The second kappa shape index (κ2) is 5.40. The van der Waals surface area contributed by atoms with Crippen LogP contribution in [0.15, 0.2) is 0 Å². The Morgan fingerprint density at radius 1 is 1.59 bits per heavy atom. The van der Waals surface area contributed by atoms with E-state index in [1.54, 1.807) is 7.11 Å². The van der Waals surface area contributed by atoms with Crippen LogP contribution in [0.1, 0.15) is 48.4 Å². The number of nitrogens with zero attached hydrogens (tertiary/aromatic N) is 3. The predicted molar refractivity (Wildman–Crippen MR) is 63.0 cm³/mol. The summed E-state index contributed by atoms with van der Waals surface area (Å²) in [5, 5.41) is 8.05. The van der Waals surface area contributed by atoms with Crippen molar-refractivity contribution in [2.24, 2.45) is 5.92 Å². The Bertz CT molecular complexity index is 385. The molecule has 1 fully saturated rings. The third kappa shape index (κ3) is 2.91. The molecule has 17 heavy (non-hydrogen) atoms. The van der Waals surface area contributed by atoms with E-state index in [9.17, 15) is 4.79 Å². The molecule has 0 amide bonds. The lowest BCUT2D eigenvalue weighted by Gasteiger charge is -2.14. The molecule has 1 atom stereocenters. The number of aromatic nitrogens is 3. The van der Waals surface area contributed by atoms with Gasteiger partial charge in [0.2, 0.25) is 0 Å². The van der Waals surface area contributed by atoms with Gasteiger partial charge < -0.3 is 4.74 Å². The maximum Gasteiger partial charge on any atom is 0.172 e. The summed E-state index contributed by atoms with van der Waals surface area (Å²) in [5.41, 5.74) is 1.49. The van der Waals surface area contributed by atoms with Gasteiger partial charge in [-0.2, -0.15) is 0 Å². The third-order valence-electron chi connectivity index (χ3n) is 3.27. The van der Waals surface area contributed by atoms with Gasteiger partial charge in [0, 0.05) is 13.7 Å². The van der Waals surface area contributed by atoms with Crippen LogP contribution in [-0.4, -0.2) is 35.0 Å². The van der Waals surface area contributed by atoms with Crippen molar-refractivity contribution < 1.29 is 9.53 Å². The highest BCUT2D eigenvalue weighted by atomic mass is 16.5. The van der Waals surface area contributed by atoms with E-state index in [0.717, 1.165) is 30.7 Å². The van der Waals surface area contributed by atoms with Crippen molar-refractivity contribution in [3.05, 3.63) is 11.4 Å². The molecule has 0 bridgehead atoms. The van der Waals surface area contributed by atoms with Crippen LogP contribution in [0.4, 0.5) is 0 Å². The van der Waals surface area contributed by atoms with Crippen LogP contribution < -0.4 is 0 Å². The Morgan fingerprint density at radius 3 is 2.94 bits per heavy atom. The Morgan fingerprint density at radius 2 is 2.35 bits per heavy atom. The van der Waals surface area contributed by atoms with Gasteiger partial charge in [0.05, 0.1) is 11.7 Å². The first-order valence-corrected chi connectivity index (χ1v) is 6.14. The average molecular weight is 237 g/mol. The van der Waals surface area contributed by atoms with Crippen molar-refractivity contribution in [2.45, 2.75) is 38.6 Å². The number of ether oxygens (including phenoxy) is 1. The lowest BCUT2D eigenvalue weighted by atomic mass is 10.1. The number of hydrogen-bond acceptors (Lipinski definition) is 4. The lowest BCUT2D eigenvalue weighted by Crippen LogP contribution is -2.14. The van der Waals surface area contributed by atoms with Gasteiger partial charge in [0.15, 0.2) is 6.29 Å². The maximum atomic E-state index is 10.9. The average Bonchev–Trinajstić information content (AvgIpc) is 3.05. The van der Waals surface area contributed by atoms with Crippen molar-refractivity contribution in [2.75, 3.05) is 13.7 Å². The normalized spacial score (nSPS) is 17.1. The number of hydrogen-bond donors (Lipinski definition) is 0. The van der Waals surface area contributed by atoms with E-state index in [1.807, 2.05) is 4.68 Å². The van der Waals surface area contributed by atoms with Gasteiger partial charge in [-0.3, -0.25) is 4.79 Å². The minimum Gasteiger partial charge on any atom is -0.385 e. The molecule has 1 heterocycles. The number of carbonyl (C=O) groups is 1. The second-order valence-electron chi connectivity index (χ2n) is 4.76. The van der Waals surface area contributed by atoms with Crippen LogP contribution in [0, 0.1) is 5.92 Å². The third-order valence-corrected chi connectivity index (χ3v) is 3.27. The lowest BCUT2D eigenvalue weighted by molar-refractivity contribution is 0.111. The summed E-state index contributed by atoms with van der Waals surface area (Å²) >= 11 is 0. The summed E-state index contributed by atoms with van der Waals surface area (Å²) in [6, 6.07) is 0.227. The maximum absolute atomic E-state index is 10.9. The first kappa shape index (κ1) is 12.2. The molecule has 1 saturated carbocycles. The van der Waals surface area contributed by atoms with Crippen LogP contribution in [0.5, 0.6) is 0 Å². The van der Waals surface area contributed by atoms with E-state index >= 15 is 0 Å². The summed E-state index contributed by atoms with van der Waals surface area (Å²) in [6.07, 6.45) is 5.14. The number of methoxy groups -OCH3 is 1. The first-order valence-electron chi connectivity index (χ1n) is 6.14. The molecule has 94 valence electrons. The summed E-state index contributed by atoms with van der Waals surface area (Å²) in [6.45, 7) is 2.78. The molecular formula is C12H19N3O2. The molecule has 1 aromatic rings. The number of carbonyl (C=O) groups excluding carboxylic acids is 1. The molecular weight excluding hydrogens is 218 g/mol. The smallest absolute Gasteiger partial charge is 0.172 e. The monoisotopic (exact) mass is 237 g/mol. The summed E-state index contributed by atoms with van der Waals surface area (Å²) in [5.74, 6) is 0.723. The quantitative estimate of drug-likeness (QED) is 0.676. The van der Waals surface area contributed by atoms with Gasteiger partial charge in [-0.25, -0.2) is 4.68 Å². The zero-order valence-electron chi connectivity index (χ0n) is 10.4. The van der Waals surface area contributed by atoms with E-state index in [-0.39, 0.29) is 6.04 Å². The van der Waals surface area contributed by atoms with E-state index in [4.69, 9.17) is 4.74 Å². The van der Waals surface area contributed by atoms with Crippen LogP contribution in [-0.2, 0) is 11.2 Å². The Kier molecular flexibility index (Phi) is 3.89. The fraction of sp³-hybridized carbons (Fsp3) is 0.750. The standard InChI is InChI=1S/C12H19N3O2/c1-9(5-6-17-2)15-12(7-10-3-4-10)11(8-16)13-14-15/h8-10H,3-7H2,1-2H3. The molecule has 0 spiro atoms. The van der Waals surface area contributed by atoms with Gasteiger partial charge in [-0.05, 0) is 38.5 Å². The summed E-state index contributed by atoms with van der Waals surface area (Å²) in [4.78, 5) is 10.9. The molecule has 0 radical (unpaired) electrons. The summed E-state index contributed by atoms with van der Waals surface area (Å²) in [7, 11) is 1.69. The molecule has 0 saturated heterocycles. The molecule has 0 aliphatic heterocycles. The van der Waals surface area contributed by atoms with E-state index in [2.05, 4.69) is 17.2 Å².